The van der Waals surface area contributed by atoms with Crippen LogP contribution in [-0.2, 0) is 66.7 Å². The summed E-state index contributed by atoms with van der Waals surface area (Å²) in [4.78, 5) is 71.8. The van der Waals surface area contributed by atoms with Crippen LogP contribution in [0.4, 0.5) is 0 Å². The van der Waals surface area contributed by atoms with E-state index in [4.69, 9.17) is 37.9 Å². The molecule has 0 aromatic rings. The van der Waals surface area contributed by atoms with Gasteiger partial charge in [-0.05, 0) is 0 Å². The van der Waals surface area contributed by atoms with Crippen LogP contribution in [0.15, 0.2) is 0 Å². The van der Waals surface area contributed by atoms with Crippen LogP contribution in [0.25, 0.3) is 0 Å². The van der Waals surface area contributed by atoms with Gasteiger partial charge in [-0.2, -0.15) is 5.26 Å². The molecule has 0 radical (unpaired) electrons. The van der Waals surface area contributed by atoms with Crippen LogP contribution >= 0.6 is 0 Å². The molecule has 16 heteroatoms. The first-order valence-corrected chi connectivity index (χ1v) is 11.7. The van der Waals surface area contributed by atoms with Crippen LogP contribution in [0.2, 0.25) is 0 Å². The van der Waals surface area contributed by atoms with E-state index in [9.17, 15) is 34.0 Å². The number of nitrogens with zero attached hydrogens (tertiary/aromatic N) is 2. The Bertz CT molecular complexity index is 937. The maximum absolute atomic E-state index is 12.0. The first-order chi connectivity index (χ1) is 18.2. The number of hydrogen-bond donors (Lipinski definition) is 0. The minimum Gasteiger partial charge on any atom is -0.456 e. The SMILES string of the molecule is CC(=O)O[C@H]1[C@H](OC(C)=O)[C@@H](N(C#N)[C@H]2OC[C@@H](OC(C)=O)[C@@H](OC(C)=O)[C@@H]2OC(C)=O)OC[C@H]1OC(C)=O. The van der Waals surface area contributed by atoms with Crippen molar-refractivity contribution in [1.82, 2.24) is 4.90 Å². The minimum absolute atomic E-state index is 0.410. The topological polar surface area (TPSA) is 203 Å². The predicted octanol–water partition coefficient (Wildman–Crippen LogP) is -0.928. The number of carbonyl (C=O) groups is 6. The standard InChI is InChI=1S/C23H30N2O14/c1-10(26)34-16-7-32-22(20(38-14(5)30)18(16)36-12(3)28)25(9-24)23-21(39-15(6)31)19(37-13(4)29)17(8-33-23)35-11(2)27/h16-23H,7-8H2,1-6H3/t16-,17-,18-,19-,20+,21+,22+,23+/m1/s1. The van der Waals surface area contributed by atoms with Crippen molar-refractivity contribution in [3.8, 4) is 6.19 Å². The van der Waals surface area contributed by atoms with Gasteiger partial charge in [-0.15, -0.1) is 0 Å². The molecule has 2 rings (SSSR count). The van der Waals surface area contributed by atoms with Crippen LogP contribution in [-0.4, -0.2) is 103 Å². The van der Waals surface area contributed by atoms with E-state index in [1.165, 1.54) is 0 Å². The third kappa shape index (κ3) is 8.52. The van der Waals surface area contributed by atoms with Gasteiger partial charge in [-0.25, -0.2) is 4.90 Å². The van der Waals surface area contributed by atoms with Gasteiger partial charge in [-0.3, -0.25) is 28.8 Å². The Balaban J connectivity index is 2.54. The lowest BCUT2D eigenvalue weighted by Crippen LogP contribution is -2.68. The molecule has 2 aliphatic heterocycles. The van der Waals surface area contributed by atoms with Crippen LogP contribution in [0.3, 0.4) is 0 Å². The Morgan fingerprint density at radius 3 is 1.10 bits per heavy atom. The molecule has 0 saturated carbocycles. The van der Waals surface area contributed by atoms with Crippen molar-refractivity contribution in [1.29, 1.82) is 5.26 Å². The highest BCUT2D eigenvalue weighted by atomic mass is 16.7. The molecule has 0 amide bonds. The number of rotatable bonds is 8. The van der Waals surface area contributed by atoms with E-state index in [0.29, 0.717) is 0 Å². The summed E-state index contributed by atoms with van der Waals surface area (Å²) in [6.45, 7) is 5.63. The van der Waals surface area contributed by atoms with E-state index in [-0.39, 0.29) is 0 Å². The normalized spacial score (nSPS) is 30.0. The number of hydrogen-bond acceptors (Lipinski definition) is 16. The third-order valence-corrected chi connectivity index (χ3v) is 5.31. The molecule has 0 unspecified atom stereocenters. The fourth-order valence-corrected chi connectivity index (χ4v) is 4.18. The molecular formula is C23H30N2O14. The molecule has 2 saturated heterocycles. The quantitative estimate of drug-likeness (QED) is 0.153. The van der Waals surface area contributed by atoms with Gasteiger partial charge >= 0.3 is 35.8 Å². The maximum atomic E-state index is 12.0. The monoisotopic (exact) mass is 558 g/mol. The number of carbonyl (C=O) groups excluding carboxylic acids is 6. The molecule has 16 nitrogen and oxygen atoms in total. The van der Waals surface area contributed by atoms with Crippen molar-refractivity contribution in [2.24, 2.45) is 0 Å². The molecule has 0 N–H and O–H groups in total. The van der Waals surface area contributed by atoms with Crippen LogP contribution in [0.5, 0.6) is 0 Å². The Hall–Kier alpha value is -3.97. The van der Waals surface area contributed by atoms with E-state index in [2.05, 4.69) is 0 Å². The van der Waals surface area contributed by atoms with Gasteiger partial charge in [0.25, 0.3) is 0 Å². The highest BCUT2D eigenvalue weighted by Gasteiger charge is 2.55. The molecule has 0 aromatic heterocycles. The second kappa shape index (κ2) is 13.7. The first kappa shape index (κ1) is 31.2. The zero-order valence-corrected chi connectivity index (χ0v) is 22.1. The predicted molar refractivity (Wildman–Crippen MR) is 120 cm³/mol. The summed E-state index contributed by atoms with van der Waals surface area (Å²) < 4.78 is 43.1. The summed E-state index contributed by atoms with van der Waals surface area (Å²) in [7, 11) is 0. The van der Waals surface area contributed by atoms with E-state index in [1.807, 2.05) is 6.19 Å². The van der Waals surface area contributed by atoms with E-state index < -0.39 is 98.1 Å². The van der Waals surface area contributed by atoms with Crippen molar-refractivity contribution in [3.05, 3.63) is 0 Å². The van der Waals surface area contributed by atoms with Gasteiger partial charge in [0.2, 0.25) is 0 Å². The van der Waals surface area contributed by atoms with Gasteiger partial charge < -0.3 is 37.9 Å². The molecule has 2 fully saturated rings. The van der Waals surface area contributed by atoms with E-state index >= 15 is 0 Å². The molecular weight excluding hydrogens is 528 g/mol. The molecule has 0 spiro atoms. The summed E-state index contributed by atoms with van der Waals surface area (Å²) in [5.41, 5.74) is 0. The molecule has 0 aromatic carbocycles. The highest BCUT2D eigenvalue weighted by molar-refractivity contribution is 5.69. The Labute approximate surface area is 223 Å². The maximum Gasteiger partial charge on any atom is 0.303 e. The van der Waals surface area contributed by atoms with Gasteiger partial charge in [-0.1, -0.05) is 0 Å². The number of esters is 6. The number of ether oxygens (including phenoxy) is 8. The molecule has 39 heavy (non-hydrogen) atoms. The molecule has 0 aliphatic carbocycles. The fraction of sp³-hybridized carbons (Fsp3) is 0.696. The summed E-state index contributed by atoms with van der Waals surface area (Å²) in [6.07, 6.45) is -9.64. The second-order valence-corrected chi connectivity index (χ2v) is 8.55. The average Bonchev–Trinajstić information content (AvgIpc) is 2.79. The lowest BCUT2D eigenvalue weighted by Gasteiger charge is -2.48. The molecule has 216 valence electrons. The van der Waals surface area contributed by atoms with Crippen molar-refractivity contribution >= 4 is 35.8 Å². The van der Waals surface area contributed by atoms with Crippen molar-refractivity contribution < 1.29 is 66.7 Å². The summed E-state index contributed by atoms with van der Waals surface area (Å²) >= 11 is 0. The van der Waals surface area contributed by atoms with Gasteiger partial charge in [0, 0.05) is 41.5 Å². The van der Waals surface area contributed by atoms with E-state index in [1.54, 1.807) is 0 Å². The Morgan fingerprint density at radius 2 is 0.846 bits per heavy atom. The van der Waals surface area contributed by atoms with Gasteiger partial charge in [0.15, 0.2) is 55.3 Å². The van der Waals surface area contributed by atoms with Crippen molar-refractivity contribution in [3.63, 3.8) is 0 Å². The lowest BCUT2D eigenvalue weighted by molar-refractivity contribution is -0.288. The summed E-state index contributed by atoms with van der Waals surface area (Å²) in [5, 5.41) is 10.1. The molecule has 2 aliphatic rings. The Morgan fingerprint density at radius 1 is 0.564 bits per heavy atom. The summed E-state index contributed by atoms with van der Waals surface area (Å²) in [5.74, 6) is -4.84. The average molecular weight is 558 g/mol. The van der Waals surface area contributed by atoms with Crippen molar-refractivity contribution in [2.45, 2.75) is 90.6 Å². The largest absolute Gasteiger partial charge is 0.456 e. The van der Waals surface area contributed by atoms with Crippen molar-refractivity contribution in [2.75, 3.05) is 13.2 Å². The van der Waals surface area contributed by atoms with Crippen LogP contribution < -0.4 is 0 Å². The smallest absolute Gasteiger partial charge is 0.303 e. The molecule has 8 atom stereocenters. The first-order valence-electron chi connectivity index (χ1n) is 11.7. The third-order valence-electron chi connectivity index (χ3n) is 5.31. The fourth-order valence-electron chi connectivity index (χ4n) is 4.18. The zero-order chi connectivity index (χ0) is 29.4. The van der Waals surface area contributed by atoms with Crippen LogP contribution in [0, 0.1) is 11.5 Å². The number of nitriles is 1. The second-order valence-electron chi connectivity index (χ2n) is 8.55. The summed E-state index contributed by atoms with van der Waals surface area (Å²) in [6, 6.07) is 0. The minimum atomic E-state index is -1.55. The zero-order valence-electron chi connectivity index (χ0n) is 22.1. The molecule has 0 bridgehead atoms. The molecule has 2 heterocycles. The Kier molecular flexibility index (Phi) is 11.0. The van der Waals surface area contributed by atoms with Gasteiger partial charge in [0.1, 0.15) is 0 Å². The lowest BCUT2D eigenvalue weighted by atomic mass is 9.99. The van der Waals surface area contributed by atoms with Crippen LogP contribution in [0.1, 0.15) is 41.5 Å². The van der Waals surface area contributed by atoms with E-state index in [0.717, 1.165) is 46.4 Å². The van der Waals surface area contributed by atoms with Gasteiger partial charge in [0.05, 0.1) is 13.2 Å². The highest BCUT2D eigenvalue weighted by Crippen LogP contribution is 2.32.